The van der Waals surface area contributed by atoms with Gasteiger partial charge in [-0.2, -0.15) is 0 Å². The molecule has 96 valence electrons. The summed E-state index contributed by atoms with van der Waals surface area (Å²) >= 11 is 0. The monoisotopic (exact) mass is 246 g/mol. The van der Waals surface area contributed by atoms with Gasteiger partial charge < -0.3 is 10.6 Å². The van der Waals surface area contributed by atoms with Crippen LogP contribution in [0.3, 0.4) is 0 Å². The fourth-order valence-electron chi connectivity index (χ4n) is 2.08. The number of nitrogens with one attached hydrogen (secondary N) is 2. The maximum Gasteiger partial charge on any atom is 0.227 e. The summed E-state index contributed by atoms with van der Waals surface area (Å²) in [5, 5.41) is 5.75. The van der Waals surface area contributed by atoms with Crippen molar-refractivity contribution < 1.29 is 9.59 Å². The number of amides is 2. The molecule has 0 saturated carbocycles. The minimum atomic E-state index is -0.163. The van der Waals surface area contributed by atoms with Crippen molar-refractivity contribution in [3.63, 3.8) is 0 Å². The van der Waals surface area contributed by atoms with Gasteiger partial charge in [0.25, 0.3) is 0 Å². The minimum Gasteiger partial charge on any atom is -0.354 e. The first kappa shape index (κ1) is 12.6. The molecule has 1 aliphatic heterocycles. The van der Waals surface area contributed by atoms with Crippen molar-refractivity contribution in [2.75, 3.05) is 6.54 Å². The lowest BCUT2D eigenvalue weighted by molar-refractivity contribution is -0.126. The average Bonchev–Trinajstić information content (AvgIpc) is 2.41. The summed E-state index contributed by atoms with van der Waals surface area (Å²) in [7, 11) is 0. The largest absolute Gasteiger partial charge is 0.354 e. The third kappa shape index (κ3) is 3.09. The lowest BCUT2D eigenvalue weighted by Gasteiger charge is -2.25. The van der Waals surface area contributed by atoms with Crippen molar-refractivity contribution in [1.82, 2.24) is 10.6 Å². The number of piperidine rings is 1. The number of carbonyl (C=O) groups is 2. The van der Waals surface area contributed by atoms with E-state index in [9.17, 15) is 9.59 Å². The van der Waals surface area contributed by atoms with Gasteiger partial charge in [0.15, 0.2) is 0 Å². The van der Waals surface area contributed by atoms with Crippen molar-refractivity contribution in [1.29, 1.82) is 0 Å². The molecule has 1 aliphatic rings. The van der Waals surface area contributed by atoms with Crippen LogP contribution < -0.4 is 10.6 Å². The Kier molecular flexibility index (Phi) is 3.97. The lowest BCUT2D eigenvalue weighted by atomic mass is 9.99. The van der Waals surface area contributed by atoms with Crippen LogP contribution in [0.1, 0.15) is 31.2 Å². The molecule has 0 spiro atoms. The Labute approximate surface area is 107 Å². The molecule has 18 heavy (non-hydrogen) atoms. The Morgan fingerprint density at radius 2 is 2.11 bits per heavy atom. The van der Waals surface area contributed by atoms with Crippen molar-refractivity contribution in [3.05, 3.63) is 35.9 Å². The van der Waals surface area contributed by atoms with Gasteiger partial charge in [0, 0.05) is 19.0 Å². The molecule has 1 aromatic rings. The van der Waals surface area contributed by atoms with E-state index in [4.69, 9.17) is 0 Å². The van der Waals surface area contributed by atoms with E-state index in [-0.39, 0.29) is 23.8 Å². The summed E-state index contributed by atoms with van der Waals surface area (Å²) in [5.74, 6) is -0.0808. The average molecular weight is 246 g/mol. The van der Waals surface area contributed by atoms with Crippen LogP contribution in [0.15, 0.2) is 30.3 Å². The molecule has 2 N–H and O–H groups in total. The highest BCUT2D eigenvalue weighted by atomic mass is 16.2. The summed E-state index contributed by atoms with van der Waals surface area (Å²) in [6, 6.07) is 9.76. The number of rotatable bonds is 3. The fourth-order valence-corrected chi connectivity index (χ4v) is 2.08. The summed E-state index contributed by atoms with van der Waals surface area (Å²) in [5.41, 5.74) is 1.01. The van der Waals surface area contributed by atoms with Gasteiger partial charge in [-0.15, -0.1) is 0 Å². The van der Waals surface area contributed by atoms with Gasteiger partial charge in [-0.05, 0) is 18.9 Å². The van der Waals surface area contributed by atoms with E-state index in [1.54, 1.807) is 0 Å². The molecule has 1 aromatic carbocycles. The van der Waals surface area contributed by atoms with E-state index in [0.29, 0.717) is 13.0 Å². The predicted molar refractivity (Wildman–Crippen MR) is 69.0 cm³/mol. The molecule has 0 aliphatic carbocycles. The van der Waals surface area contributed by atoms with Gasteiger partial charge in [0.05, 0.1) is 5.92 Å². The van der Waals surface area contributed by atoms with Crippen molar-refractivity contribution in [3.8, 4) is 0 Å². The molecular weight excluding hydrogens is 228 g/mol. The summed E-state index contributed by atoms with van der Waals surface area (Å²) < 4.78 is 0. The van der Waals surface area contributed by atoms with Gasteiger partial charge in [-0.3, -0.25) is 9.59 Å². The highest BCUT2D eigenvalue weighted by Gasteiger charge is 2.22. The Balaban J connectivity index is 1.90. The number of hydrogen-bond donors (Lipinski definition) is 2. The third-order valence-corrected chi connectivity index (χ3v) is 3.30. The van der Waals surface area contributed by atoms with Gasteiger partial charge >= 0.3 is 0 Å². The number of benzene rings is 1. The van der Waals surface area contributed by atoms with Crippen molar-refractivity contribution in [2.45, 2.75) is 31.7 Å². The third-order valence-electron chi connectivity index (χ3n) is 3.30. The molecule has 0 radical (unpaired) electrons. The summed E-state index contributed by atoms with van der Waals surface area (Å²) in [6.07, 6.45) is 1.21. The molecule has 1 saturated heterocycles. The van der Waals surface area contributed by atoms with E-state index in [1.807, 2.05) is 37.3 Å². The van der Waals surface area contributed by atoms with Gasteiger partial charge in [0.2, 0.25) is 11.8 Å². The van der Waals surface area contributed by atoms with E-state index in [1.165, 1.54) is 0 Å². The topological polar surface area (TPSA) is 58.2 Å². The number of hydrogen-bond acceptors (Lipinski definition) is 2. The second-order valence-corrected chi connectivity index (χ2v) is 4.68. The zero-order valence-electron chi connectivity index (χ0n) is 10.5. The Hall–Kier alpha value is -1.84. The van der Waals surface area contributed by atoms with Gasteiger partial charge in [0.1, 0.15) is 0 Å². The normalized spacial score (nSPS) is 20.9. The number of carbonyl (C=O) groups excluding carboxylic acids is 2. The first-order valence-corrected chi connectivity index (χ1v) is 6.29. The standard InChI is InChI=1S/C14H18N2O2/c1-10(11-5-3-2-4-6-11)14(18)16-12-7-8-13(17)15-9-12/h2-6,10,12H,7-9H2,1H3,(H,15,17)(H,16,18). The van der Waals surface area contributed by atoms with Crippen molar-refractivity contribution >= 4 is 11.8 Å². The quantitative estimate of drug-likeness (QED) is 0.841. The summed E-state index contributed by atoms with van der Waals surface area (Å²) in [4.78, 5) is 23.1. The first-order chi connectivity index (χ1) is 8.66. The highest BCUT2D eigenvalue weighted by molar-refractivity contribution is 5.84. The SMILES string of the molecule is CC(C(=O)NC1CCC(=O)NC1)c1ccccc1. The highest BCUT2D eigenvalue weighted by Crippen LogP contribution is 2.15. The molecule has 0 aromatic heterocycles. The minimum absolute atomic E-state index is 0.0161. The zero-order valence-corrected chi connectivity index (χ0v) is 10.5. The molecule has 1 fully saturated rings. The molecular formula is C14H18N2O2. The van der Waals surface area contributed by atoms with Gasteiger partial charge in [-0.25, -0.2) is 0 Å². The van der Waals surface area contributed by atoms with Crippen LogP contribution >= 0.6 is 0 Å². The van der Waals surface area contributed by atoms with Crippen molar-refractivity contribution in [2.24, 2.45) is 0 Å². The lowest BCUT2D eigenvalue weighted by Crippen LogP contribution is -2.48. The molecule has 2 unspecified atom stereocenters. The molecule has 2 rings (SSSR count). The van der Waals surface area contributed by atoms with Gasteiger partial charge in [-0.1, -0.05) is 30.3 Å². The van der Waals surface area contributed by atoms with E-state index in [2.05, 4.69) is 10.6 Å². The Bertz CT molecular complexity index is 421. The smallest absolute Gasteiger partial charge is 0.227 e. The van der Waals surface area contributed by atoms with Crippen LogP contribution in [0.5, 0.6) is 0 Å². The van der Waals surface area contributed by atoms with Crippen LogP contribution in [0, 0.1) is 0 Å². The van der Waals surface area contributed by atoms with E-state index >= 15 is 0 Å². The van der Waals surface area contributed by atoms with E-state index < -0.39 is 0 Å². The Morgan fingerprint density at radius 1 is 1.39 bits per heavy atom. The second-order valence-electron chi connectivity index (χ2n) is 4.68. The molecule has 2 atom stereocenters. The Morgan fingerprint density at radius 3 is 2.72 bits per heavy atom. The van der Waals surface area contributed by atoms with E-state index in [0.717, 1.165) is 12.0 Å². The second kappa shape index (κ2) is 5.67. The molecule has 4 heteroatoms. The fraction of sp³-hybridized carbons (Fsp3) is 0.429. The first-order valence-electron chi connectivity index (χ1n) is 6.29. The molecule has 0 bridgehead atoms. The van der Waals surface area contributed by atoms with Crippen LogP contribution in [-0.2, 0) is 9.59 Å². The van der Waals surface area contributed by atoms with Crippen LogP contribution in [-0.4, -0.2) is 24.4 Å². The molecule has 4 nitrogen and oxygen atoms in total. The maximum absolute atomic E-state index is 12.1. The zero-order chi connectivity index (χ0) is 13.0. The maximum atomic E-state index is 12.1. The molecule has 1 heterocycles. The van der Waals surface area contributed by atoms with Crippen LogP contribution in [0.25, 0.3) is 0 Å². The van der Waals surface area contributed by atoms with Crippen LogP contribution in [0.4, 0.5) is 0 Å². The predicted octanol–water partition coefficient (Wildman–Crippen LogP) is 1.18. The van der Waals surface area contributed by atoms with Crippen LogP contribution in [0.2, 0.25) is 0 Å². The molecule has 2 amide bonds. The summed E-state index contributed by atoms with van der Waals surface area (Å²) in [6.45, 7) is 2.43.